The van der Waals surface area contributed by atoms with E-state index in [4.69, 9.17) is 9.47 Å². The first-order chi connectivity index (χ1) is 14.5. The lowest BCUT2D eigenvalue weighted by Gasteiger charge is -2.33. The Morgan fingerprint density at radius 2 is 2.07 bits per heavy atom. The second kappa shape index (κ2) is 6.04. The molecule has 0 saturated carbocycles. The molecular weight excluding hydrogens is 387 g/mol. The van der Waals surface area contributed by atoms with Gasteiger partial charge in [-0.3, -0.25) is 4.79 Å². The number of fused-ring (bicyclic) bond motifs is 4. The highest BCUT2D eigenvalue weighted by molar-refractivity contribution is 5.87. The van der Waals surface area contributed by atoms with Gasteiger partial charge in [-0.2, -0.15) is 0 Å². The van der Waals surface area contributed by atoms with Crippen LogP contribution in [-0.2, 0) is 33.8 Å². The van der Waals surface area contributed by atoms with E-state index in [-0.39, 0.29) is 24.0 Å². The van der Waals surface area contributed by atoms with Gasteiger partial charge in [0.1, 0.15) is 12.4 Å². The Bertz CT molecular complexity index is 1240. The number of carbonyl (C=O) groups is 1. The van der Waals surface area contributed by atoms with Crippen molar-refractivity contribution >= 4 is 17.2 Å². The second-order valence-corrected chi connectivity index (χ2v) is 8.44. The van der Waals surface area contributed by atoms with Gasteiger partial charge >= 0.3 is 5.97 Å². The van der Waals surface area contributed by atoms with Gasteiger partial charge in [0, 0.05) is 36.2 Å². The molecule has 0 saturated heterocycles. The van der Waals surface area contributed by atoms with E-state index in [9.17, 15) is 14.0 Å². The second-order valence-electron chi connectivity index (χ2n) is 8.44. The normalized spacial score (nSPS) is 23.2. The quantitative estimate of drug-likeness (QED) is 0.734. The van der Waals surface area contributed by atoms with Crippen molar-refractivity contribution in [2.45, 2.75) is 51.5 Å². The highest BCUT2D eigenvalue weighted by Crippen LogP contribution is 2.50. The highest BCUT2D eigenvalue weighted by Gasteiger charge is 2.41. The van der Waals surface area contributed by atoms with Crippen molar-refractivity contribution < 1.29 is 18.7 Å². The van der Waals surface area contributed by atoms with Crippen molar-refractivity contribution in [2.75, 3.05) is 12.4 Å². The maximum absolute atomic E-state index is 14.6. The number of esters is 1. The van der Waals surface area contributed by atoms with E-state index in [1.807, 2.05) is 13.0 Å². The molecule has 0 radical (unpaired) electrons. The first-order valence-corrected chi connectivity index (χ1v) is 10.3. The summed E-state index contributed by atoms with van der Waals surface area (Å²) in [5.41, 5.74) is 7.77. The maximum Gasteiger partial charge on any atom is 0.340 e. The molecule has 1 aromatic heterocycles. The largest absolute Gasteiger partial charge is 0.458 e. The van der Waals surface area contributed by atoms with Crippen LogP contribution < -0.4 is 10.9 Å². The number of allylic oxidation sites excluding steroid dienone is 1. The zero-order valence-electron chi connectivity index (χ0n) is 16.8. The number of ether oxygens (including phenoxy) is 2. The number of hydrogen-bond donors (Lipinski definition) is 1. The monoisotopic (exact) mass is 408 g/mol. The molecule has 30 heavy (non-hydrogen) atoms. The molecule has 2 aromatic rings. The predicted octanol–water partition coefficient (Wildman–Crippen LogP) is 3.31. The van der Waals surface area contributed by atoms with E-state index in [0.29, 0.717) is 23.2 Å². The smallest absolute Gasteiger partial charge is 0.340 e. The number of benzene rings is 1. The molecule has 0 amide bonds. The van der Waals surface area contributed by atoms with Crippen molar-refractivity contribution in [3.05, 3.63) is 67.4 Å². The summed E-state index contributed by atoms with van der Waals surface area (Å²) in [5, 5.41) is 3.49. The number of methoxy groups -OCH3 is 1. The third kappa shape index (κ3) is 2.16. The van der Waals surface area contributed by atoms with Crippen molar-refractivity contribution in [2.24, 2.45) is 0 Å². The molecule has 1 aliphatic carbocycles. The molecule has 4 aliphatic rings. The van der Waals surface area contributed by atoms with E-state index in [1.165, 1.54) is 12.7 Å². The van der Waals surface area contributed by atoms with Crippen molar-refractivity contribution in [3.63, 3.8) is 0 Å². The Morgan fingerprint density at radius 1 is 1.23 bits per heavy atom. The summed E-state index contributed by atoms with van der Waals surface area (Å²) >= 11 is 0. The Morgan fingerprint density at radius 3 is 2.87 bits per heavy atom. The van der Waals surface area contributed by atoms with Gasteiger partial charge in [-0.05, 0) is 60.6 Å². The molecule has 2 atom stereocenters. The Kier molecular flexibility index (Phi) is 3.60. The molecule has 0 spiro atoms. The van der Waals surface area contributed by atoms with Crippen molar-refractivity contribution in [1.29, 1.82) is 0 Å². The zero-order valence-corrected chi connectivity index (χ0v) is 16.8. The van der Waals surface area contributed by atoms with Gasteiger partial charge in [-0.1, -0.05) is 0 Å². The summed E-state index contributed by atoms with van der Waals surface area (Å²) in [4.78, 5) is 25.4. The highest BCUT2D eigenvalue weighted by atomic mass is 19.1. The number of carbonyl (C=O) groups excluding carboxylic acids is 1. The van der Waals surface area contributed by atoms with E-state index >= 15 is 0 Å². The van der Waals surface area contributed by atoms with Gasteiger partial charge in [-0.15, -0.1) is 0 Å². The van der Waals surface area contributed by atoms with Crippen molar-refractivity contribution in [1.82, 2.24) is 4.57 Å². The number of cyclic esters (lactones) is 1. The zero-order chi connectivity index (χ0) is 20.7. The van der Waals surface area contributed by atoms with Crippen LogP contribution in [0.2, 0.25) is 0 Å². The standard InChI is InChI=1S/C23H21FN2O4/c1-10-11-4-3-5-12-14-8-26-18(20(14)25-17(19(11)12)7-16(10)24)6-13-15(22(26)27)9-30-23(28)21(13)29-2/h6-7,20-21,25H,3-5,8-9H2,1-2H3/t20?,21-/m0/s1. The average Bonchev–Trinajstić information content (AvgIpc) is 3.11. The molecule has 0 fully saturated rings. The third-order valence-corrected chi connectivity index (χ3v) is 7.03. The molecule has 4 heterocycles. The van der Waals surface area contributed by atoms with Crippen LogP contribution >= 0.6 is 0 Å². The lowest BCUT2D eigenvalue weighted by molar-refractivity contribution is -0.159. The molecular formula is C23H21FN2O4. The SMILES string of the molecule is CO[C@@H]1C(=O)OCc2c1cc1n(c2=O)CC2=C3CCCc4c(C)c(F)cc(c43)NC21. The van der Waals surface area contributed by atoms with Gasteiger partial charge in [0.15, 0.2) is 6.10 Å². The number of halogens is 1. The van der Waals surface area contributed by atoms with E-state index < -0.39 is 12.1 Å². The molecule has 6 nitrogen and oxygen atoms in total. The van der Waals surface area contributed by atoms with Crippen LogP contribution in [0.5, 0.6) is 0 Å². The van der Waals surface area contributed by atoms with Crippen LogP contribution in [0.15, 0.2) is 22.5 Å². The molecule has 1 aromatic carbocycles. The summed E-state index contributed by atoms with van der Waals surface area (Å²) in [7, 11) is 1.43. The Hall–Kier alpha value is -2.93. The van der Waals surface area contributed by atoms with E-state index in [0.717, 1.165) is 47.3 Å². The van der Waals surface area contributed by atoms with Gasteiger partial charge in [0.25, 0.3) is 5.56 Å². The van der Waals surface area contributed by atoms with Gasteiger partial charge in [-0.25, -0.2) is 9.18 Å². The van der Waals surface area contributed by atoms with Gasteiger partial charge < -0.3 is 19.4 Å². The number of rotatable bonds is 1. The molecule has 7 heteroatoms. The first kappa shape index (κ1) is 17.9. The lowest BCUT2D eigenvalue weighted by Crippen LogP contribution is -2.33. The summed E-state index contributed by atoms with van der Waals surface area (Å²) in [6.45, 7) is 2.30. The Balaban J connectivity index is 1.58. The third-order valence-electron chi connectivity index (χ3n) is 7.03. The molecule has 1 unspecified atom stereocenters. The van der Waals surface area contributed by atoms with Crippen LogP contribution in [-0.4, -0.2) is 17.6 Å². The number of aromatic nitrogens is 1. The minimum absolute atomic E-state index is 0.0358. The average molecular weight is 408 g/mol. The number of nitrogens with one attached hydrogen (secondary N) is 1. The number of hydrogen-bond acceptors (Lipinski definition) is 5. The van der Waals surface area contributed by atoms with Gasteiger partial charge in [0.05, 0.1) is 11.6 Å². The predicted molar refractivity (Wildman–Crippen MR) is 108 cm³/mol. The van der Waals surface area contributed by atoms with Crippen molar-refractivity contribution in [3.8, 4) is 0 Å². The fourth-order valence-electron chi connectivity index (χ4n) is 5.57. The lowest BCUT2D eigenvalue weighted by atomic mass is 9.78. The topological polar surface area (TPSA) is 69.6 Å². The maximum atomic E-state index is 14.6. The molecule has 3 aliphatic heterocycles. The number of anilines is 1. The fraction of sp³-hybridized carbons (Fsp3) is 0.391. The summed E-state index contributed by atoms with van der Waals surface area (Å²) in [6, 6.07) is 3.25. The molecule has 0 bridgehead atoms. The van der Waals surface area contributed by atoms with Crippen LogP contribution in [0.4, 0.5) is 10.1 Å². The minimum atomic E-state index is -0.902. The number of nitrogens with zero attached hydrogens (tertiary/aromatic N) is 1. The Labute approximate surface area is 172 Å². The number of pyridine rings is 1. The van der Waals surface area contributed by atoms with Crippen LogP contribution in [0.25, 0.3) is 5.57 Å². The van der Waals surface area contributed by atoms with E-state index in [2.05, 4.69) is 5.32 Å². The summed E-state index contributed by atoms with van der Waals surface area (Å²) in [5.74, 6) is -0.689. The molecule has 6 rings (SSSR count). The first-order valence-electron chi connectivity index (χ1n) is 10.3. The summed E-state index contributed by atoms with van der Waals surface area (Å²) < 4.78 is 26.8. The molecule has 1 N–H and O–H groups in total. The van der Waals surface area contributed by atoms with Gasteiger partial charge in [0.2, 0.25) is 0 Å². The molecule has 154 valence electrons. The van der Waals surface area contributed by atoms with Crippen LogP contribution in [0.1, 0.15) is 58.5 Å². The van der Waals surface area contributed by atoms with Crippen LogP contribution in [0, 0.1) is 12.7 Å². The minimum Gasteiger partial charge on any atom is -0.458 e. The fourth-order valence-corrected chi connectivity index (χ4v) is 5.57. The van der Waals surface area contributed by atoms with Crippen LogP contribution in [0.3, 0.4) is 0 Å². The van der Waals surface area contributed by atoms with E-state index in [1.54, 1.807) is 10.6 Å². The summed E-state index contributed by atoms with van der Waals surface area (Å²) in [6.07, 6.45) is 1.86.